The molecular formula is C16H26. The first-order chi connectivity index (χ1) is 7.88. The molecule has 0 heteroatoms. The number of hydrogen-bond acceptors (Lipinski definition) is 0. The molecule has 0 radical (unpaired) electrons. The fourth-order valence-electron chi connectivity index (χ4n) is 3.26. The zero-order chi connectivity index (χ0) is 11.2. The van der Waals surface area contributed by atoms with E-state index in [4.69, 9.17) is 0 Å². The van der Waals surface area contributed by atoms with E-state index in [2.05, 4.69) is 25.2 Å². The summed E-state index contributed by atoms with van der Waals surface area (Å²) in [6.45, 7) is 2.41. The molecule has 2 rings (SSSR count). The second kappa shape index (κ2) is 6.27. The molecule has 0 spiro atoms. The van der Waals surface area contributed by atoms with Crippen LogP contribution in [0.3, 0.4) is 0 Å². The lowest BCUT2D eigenvalue weighted by molar-refractivity contribution is 0.509. The zero-order valence-electron chi connectivity index (χ0n) is 10.8. The first-order valence-corrected chi connectivity index (χ1v) is 7.24. The van der Waals surface area contributed by atoms with Crippen molar-refractivity contribution in [1.29, 1.82) is 0 Å². The Morgan fingerprint density at radius 3 is 2.69 bits per heavy atom. The van der Waals surface area contributed by atoms with E-state index in [-0.39, 0.29) is 0 Å². The van der Waals surface area contributed by atoms with Crippen molar-refractivity contribution in [2.75, 3.05) is 0 Å². The van der Waals surface area contributed by atoms with Crippen LogP contribution in [0.4, 0.5) is 0 Å². The summed E-state index contributed by atoms with van der Waals surface area (Å²) < 4.78 is 0. The van der Waals surface area contributed by atoms with Gasteiger partial charge in [0.05, 0.1) is 0 Å². The van der Waals surface area contributed by atoms with Gasteiger partial charge in [-0.15, -0.1) is 0 Å². The number of hydrogen-bond donors (Lipinski definition) is 0. The normalized spacial score (nSPS) is 37.7. The van der Waals surface area contributed by atoms with Crippen molar-refractivity contribution in [1.82, 2.24) is 0 Å². The molecule has 1 saturated carbocycles. The van der Waals surface area contributed by atoms with Gasteiger partial charge >= 0.3 is 0 Å². The Bertz CT molecular complexity index is 259. The summed E-state index contributed by atoms with van der Waals surface area (Å²) >= 11 is 0. The molecule has 0 aliphatic heterocycles. The van der Waals surface area contributed by atoms with Gasteiger partial charge in [-0.3, -0.25) is 0 Å². The Balaban J connectivity index is 2.02. The topological polar surface area (TPSA) is 0 Å². The van der Waals surface area contributed by atoms with Crippen LogP contribution in [0.5, 0.6) is 0 Å². The van der Waals surface area contributed by atoms with Crippen LogP contribution in [0.25, 0.3) is 0 Å². The van der Waals surface area contributed by atoms with E-state index in [0.717, 1.165) is 11.8 Å². The molecule has 2 atom stereocenters. The second-order valence-corrected chi connectivity index (χ2v) is 5.62. The SMILES string of the molecule is CC1CCC2CCCCCCC/C=C\C=C\12. The largest absolute Gasteiger partial charge is 0.0845 e. The average Bonchev–Trinajstić information content (AvgIpc) is 2.60. The molecular weight excluding hydrogens is 192 g/mol. The summed E-state index contributed by atoms with van der Waals surface area (Å²) in [5.74, 6) is 1.76. The van der Waals surface area contributed by atoms with Gasteiger partial charge in [-0.25, -0.2) is 0 Å². The molecule has 0 nitrogen and oxygen atoms in total. The summed E-state index contributed by atoms with van der Waals surface area (Å²) in [4.78, 5) is 0. The van der Waals surface area contributed by atoms with Gasteiger partial charge < -0.3 is 0 Å². The summed E-state index contributed by atoms with van der Waals surface area (Å²) in [5, 5.41) is 0. The summed E-state index contributed by atoms with van der Waals surface area (Å²) in [6.07, 6.45) is 19.9. The van der Waals surface area contributed by atoms with Crippen molar-refractivity contribution >= 4 is 0 Å². The zero-order valence-corrected chi connectivity index (χ0v) is 10.8. The van der Waals surface area contributed by atoms with Crippen molar-refractivity contribution < 1.29 is 0 Å². The standard InChI is InChI=1S/C16H26/c1-14-12-13-15-10-8-6-4-2-3-5-7-9-11-16(14)15/h7,9,11,14-15H,2-6,8,10,12-13H2,1H3/b9-7-,16-11-. The summed E-state index contributed by atoms with van der Waals surface area (Å²) in [7, 11) is 0. The van der Waals surface area contributed by atoms with E-state index in [9.17, 15) is 0 Å². The predicted molar refractivity (Wildman–Crippen MR) is 71.4 cm³/mol. The van der Waals surface area contributed by atoms with Crippen LogP contribution in [0.1, 0.15) is 64.7 Å². The first-order valence-electron chi connectivity index (χ1n) is 7.24. The highest BCUT2D eigenvalue weighted by atomic mass is 14.3. The van der Waals surface area contributed by atoms with E-state index in [0.29, 0.717) is 0 Å². The molecule has 0 amide bonds. The van der Waals surface area contributed by atoms with Crippen LogP contribution in [0.2, 0.25) is 0 Å². The smallest absolute Gasteiger partial charge is 0.0197 e. The van der Waals surface area contributed by atoms with E-state index < -0.39 is 0 Å². The Kier molecular flexibility index (Phi) is 4.69. The van der Waals surface area contributed by atoms with Crippen LogP contribution < -0.4 is 0 Å². The van der Waals surface area contributed by atoms with Crippen LogP contribution in [0, 0.1) is 11.8 Å². The van der Waals surface area contributed by atoms with Crippen molar-refractivity contribution in [3.05, 3.63) is 23.8 Å². The van der Waals surface area contributed by atoms with Gasteiger partial charge in [-0.1, -0.05) is 56.4 Å². The lowest BCUT2D eigenvalue weighted by atomic mass is 9.92. The molecule has 0 saturated heterocycles. The minimum Gasteiger partial charge on any atom is -0.0845 e. The molecule has 2 unspecified atom stereocenters. The fraction of sp³-hybridized carbons (Fsp3) is 0.750. The van der Waals surface area contributed by atoms with Gasteiger partial charge in [-0.05, 0) is 43.9 Å². The van der Waals surface area contributed by atoms with Crippen LogP contribution in [0.15, 0.2) is 23.8 Å². The van der Waals surface area contributed by atoms with E-state index >= 15 is 0 Å². The number of allylic oxidation sites excluding steroid dienone is 4. The van der Waals surface area contributed by atoms with E-state index in [1.54, 1.807) is 5.57 Å². The lowest BCUT2D eigenvalue weighted by Crippen LogP contribution is -2.00. The first kappa shape index (κ1) is 12.0. The Morgan fingerprint density at radius 2 is 1.75 bits per heavy atom. The quantitative estimate of drug-likeness (QED) is 0.520. The molecule has 0 aromatic heterocycles. The maximum atomic E-state index is 2.43. The van der Waals surface area contributed by atoms with Crippen molar-refractivity contribution in [3.8, 4) is 0 Å². The van der Waals surface area contributed by atoms with Crippen LogP contribution >= 0.6 is 0 Å². The molecule has 0 aromatic carbocycles. The maximum absolute atomic E-state index is 2.43. The Labute approximate surface area is 101 Å². The van der Waals surface area contributed by atoms with E-state index in [1.807, 2.05) is 0 Å². The Hall–Kier alpha value is -0.520. The molecule has 0 N–H and O–H groups in total. The highest BCUT2D eigenvalue weighted by molar-refractivity contribution is 5.20. The highest BCUT2D eigenvalue weighted by Gasteiger charge is 2.25. The lowest BCUT2D eigenvalue weighted by Gasteiger charge is -2.14. The van der Waals surface area contributed by atoms with Crippen molar-refractivity contribution in [2.24, 2.45) is 11.8 Å². The van der Waals surface area contributed by atoms with Crippen LogP contribution in [-0.2, 0) is 0 Å². The number of rotatable bonds is 0. The molecule has 0 bridgehead atoms. The van der Waals surface area contributed by atoms with Gasteiger partial charge in [0.1, 0.15) is 0 Å². The van der Waals surface area contributed by atoms with E-state index in [1.165, 1.54) is 57.8 Å². The number of fused-ring (bicyclic) bond motifs is 1. The van der Waals surface area contributed by atoms with Gasteiger partial charge in [0.2, 0.25) is 0 Å². The van der Waals surface area contributed by atoms with Crippen LogP contribution in [-0.4, -0.2) is 0 Å². The van der Waals surface area contributed by atoms with Crippen molar-refractivity contribution in [2.45, 2.75) is 64.7 Å². The second-order valence-electron chi connectivity index (χ2n) is 5.62. The van der Waals surface area contributed by atoms with Gasteiger partial charge in [0.25, 0.3) is 0 Å². The third-order valence-electron chi connectivity index (χ3n) is 4.34. The predicted octanol–water partition coefficient (Wildman–Crippen LogP) is 5.26. The average molecular weight is 218 g/mol. The maximum Gasteiger partial charge on any atom is -0.0197 e. The molecule has 0 heterocycles. The third kappa shape index (κ3) is 3.23. The molecule has 2 aliphatic rings. The summed E-state index contributed by atoms with van der Waals surface area (Å²) in [6, 6.07) is 0. The molecule has 2 aliphatic carbocycles. The fourth-order valence-corrected chi connectivity index (χ4v) is 3.26. The minimum absolute atomic E-state index is 0.845. The van der Waals surface area contributed by atoms with Gasteiger partial charge in [0, 0.05) is 0 Å². The molecule has 16 heavy (non-hydrogen) atoms. The molecule has 0 aromatic rings. The van der Waals surface area contributed by atoms with Gasteiger partial charge in [-0.2, -0.15) is 0 Å². The highest BCUT2D eigenvalue weighted by Crippen LogP contribution is 2.39. The molecule has 1 fully saturated rings. The third-order valence-corrected chi connectivity index (χ3v) is 4.34. The molecule has 90 valence electrons. The summed E-state index contributed by atoms with van der Waals surface area (Å²) in [5.41, 5.74) is 1.75. The monoisotopic (exact) mass is 218 g/mol. The minimum atomic E-state index is 0.845. The van der Waals surface area contributed by atoms with Gasteiger partial charge in [0.15, 0.2) is 0 Å². The Morgan fingerprint density at radius 1 is 0.938 bits per heavy atom. The van der Waals surface area contributed by atoms with Crippen molar-refractivity contribution in [3.63, 3.8) is 0 Å².